The highest BCUT2D eigenvalue weighted by Gasteiger charge is 2.22. The first-order chi connectivity index (χ1) is 13.8. The number of amides is 3. The molecule has 0 fully saturated rings. The molecule has 2 aromatic rings. The van der Waals surface area contributed by atoms with Gasteiger partial charge in [0, 0.05) is 28.4 Å². The number of halogens is 1. The summed E-state index contributed by atoms with van der Waals surface area (Å²) < 4.78 is 0. The second-order valence-electron chi connectivity index (χ2n) is 7.13. The van der Waals surface area contributed by atoms with E-state index in [0.717, 1.165) is 0 Å². The van der Waals surface area contributed by atoms with Crippen molar-refractivity contribution in [1.29, 1.82) is 0 Å². The second-order valence-corrected chi connectivity index (χ2v) is 7.57. The minimum absolute atomic E-state index is 0.0799. The fourth-order valence-electron chi connectivity index (χ4n) is 2.66. The van der Waals surface area contributed by atoms with Gasteiger partial charge < -0.3 is 16.0 Å². The zero-order valence-electron chi connectivity index (χ0n) is 16.8. The Hall–Kier alpha value is -2.86. The standard InChI is InChI=1S/C22H26ClN3O3/c1-4-20(27)24-17-9-11-18(12-10-17)25-22(29)19(13-14(2)3)26-21(28)15-5-7-16(23)8-6-15/h5-12,14,19H,4,13H2,1-3H3,(H,24,27)(H,25,29)(H,26,28). The molecule has 0 heterocycles. The first kappa shape index (κ1) is 22.4. The number of benzene rings is 2. The van der Waals surface area contributed by atoms with Gasteiger partial charge in [0.25, 0.3) is 5.91 Å². The van der Waals surface area contributed by atoms with Crippen molar-refractivity contribution in [2.24, 2.45) is 5.92 Å². The molecule has 3 amide bonds. The van der Waals surface area contributed by atoms with Gasteiger partial charge >= 0.3 is 0 Å². The summed E-state index contributed by atoms with van der Waals surface area (Å²) in [6.07, 6.45) is 0.887. The van der Waals surface area contributed by atoms with Crippen LogP contribution in [0.1, 0.15) is 44.0 Å². The molecule has 0 aliphatic carbocycles. The van der Waals surface area contributed by atoms with E-state index in [4.69, 9.17) is 11.6 Å². The highest BCUT2D eigenvalue weighted by molar-refractivity contribution is 6.30. The van der Waals surface area contributed by atoms with Crippen molar-refractivity contribution in [3.63, 3.8) is 0 Å². The van der Waals surface area contributed by atoms with Crippen LogP contribution in [0.3, 0.4) is 0 Å². The van der Waals surface area contributed by atoms with E-state index in [0.29, 0.717) is 34.8 Å². The Morgan fingerprint density at radius 3 is 1.97 bits per heavy atom. The Labute approximate surface area is 176 Å². The molecule has 0 saturated heterocycles. The monoisotopic (exact) mass is 415 g/mol. The van der Waals surface area contributed by atoms with Crippen molar-refractivity contribution >= 4 is 40.7 Å². The van der Waals surface area contributed by atoms with E-state index in [1.807, 2.05) is 13.8 Å². The van der Waals surface area contributed by atoms with Gasteiger partial charge in [-0.2, -0.15) is 0 Å². The average Bonchev–Trinajstić information content (AvgIpc) is 2.69. The van der Waals surface area contributed by atoms with E-state index in [2.05, 4.69) is 16.0 Å². The van der Waals surface area contributed by atoms with E-state index >= 15 is 0 Å². The fraction of sp³-hybridized carbons (Fsp3) is 0.318. The van der Waals surface area contributed by atoms with Crippen LogP contribution < -0.4 is 16.0 Å². The predicted octanol–water partition coefficient (Wildman–Crippen LogP) is 4.47. The van der Waals surface area contributed by atoms with Gasteiger partial charge in [0.15, 0.2) is 0 Å². The molecule has 0 aliphatic heterocycles. The van der Waals surface area contributed by atoms with E-state index in [1.165, 1.54) is 0 Å². The van der Waals surface area contributed by atoms with Crippen molar-refractivity contribution in [2.75, 3.05) is 10.6 Å². The molecule has 3 N–H and O–H groups in total. The summed E-state index contributed by atoms with van der Waals surface area (Å²) >= 11 is 5.86. The topological polar surface area (TPSA) is 87.3 Å². The number of nitrogens with one attached hydrogen (secondary N) is 3. The van der Waals surface area contributed by atoms with Gasteiger partial charge in [0.1, 0.15) is 6.04 Å². The molecule has 1 unspecified atom stereocenters. The maximum absolute atomic E-state index is 12.8. The summed E-state index contributed by atoms with van der Waals surface area (Å²) in [5.41, 5.74) is 1.68. The lowest BCUT2D eigenvalue weighted by molar-refractivity contribution is -0.118. The first-order valence-electron chi connectivity index (χ1n) is 9.55. The molecule has 6 nitrogen and oxygen atoms in total. The lowest BCUT2D eigenvalue weighted by atomic mass is 10.0. The van der Waals surface area contributed by atoms with E-state index in [9.17, 15) is 14.4 Å². The van der Waals surface area contributed by atoms with Gasteiger partial charge in [-0.15, -0.1) is 0 Å². The van der Waals surface area contributed by atoms with Crippen LogP contribution in [-0.2, 0) is 9.59 Å². The van der Waals surface area contributed by atoms with Crippen LogP contribution in [-0.4, -0.2) is 23.8 Å². The van der Waals surface area contributed by atoms with Crippen LogP contribution in [0.4, 0.5) is 11.4 Å². The number of hydrogen-bond donors (Lipinski definition) is 3. The van der Waals surface area contributed by atoms with Gasteiger partial charge in [0.2, 0.25) is 11.8 Å². The van der Waals surface area contributed by atoms with Crippen molar-refractivity contribution in [3.05, 3.63) is 59.1 Å². The molecular formula is C22H26ClN3O3. The van der Waals surface area contributed by atoms with E-state index in [1.54, 1.807) is 55.5 Å². The molecule has 0 aliphatic rings. The highest BCUT2D eigenvalue weighted by atomic mass is 35.5. The highest BCUT2D eigenvalue weighted by Crippen LogP contribution is 2.16. The Balaban J connectivity index is 2.05. The lowest BCUT2D eigenvalue weighted by Crippen LogP contribution is -2.44. The molecular weight excluding hydrogens is 390 g/mol. The number of hydrogen-bond acceptors (Lipinski definition) is 3. The predicted molar refractivity (Wildman–Crippen MR) is 116 cm³/mol. The Kier molecular flexibility index (Phi) is 8.21. The maximum atomic E-state index is 12.8. The quantitative estimate of drug-likeness (QED) is 0.594. The second kappa shape index (κ2) is 10.6. The van der Waals surface area contributed by atoms with Crippen molar-refractivity contribution in [3.8, 4) is 0 Å². The van der Waals surface area contributed by atoms with Crippen LogP contribution in [0, 0.1) is 5.92 Å². The molecule has 0 aromatic heterocycles. The molecule has 0 bridgehead atoms. The van der Waals surface area contributed by atoms with Gasteiger partial charge in [-0.1, -0.05) is 32.4 Å². The van der Waals surface area contributed by atoms with Crippen LogP contribution in [0.5, 0.6) is 0 Å². The van der Waals surface area contributed by atoms with Crippen LogP contribution in [0.15, 0.2) is 48.5 Å². The molecule has 0 saturated carbocycles. The number of carbonyl (C=O) groups is 3. The number of rotatable bonds is 8. The van der Waals surface area contributed by atoms with Gasteiger partial charge in [-0.05, 0) is 60.9 Å². The Morgan fingerprint density at radius 2 is 1.45 bits per heavy atom. The van der Waals surface area contributed by atoms with Gasteiger partial charge in [0.05, 0.1) is 0 Å². The van der Waals surface area contributed by atoms with Gasteiger partial charge in [-0.25, -0.2) is 0 Å². The molecule has 2 aromatic carbocycles. The van der Waals surface area contributed by atoms with Crippen LogP contribution in [0.2, 0.25) is 5.02 Å². The SMILES string of the molecule is CCC(=O)Nc1ccc(NC(=O)C(CC(C)C)NC(=O)c2ccc(Cl)cc2)cc1. The lowest BCUT2D eigenvalue weighted by Gasteiger charge is -2.20. The summed E-state index contributed by atoms with van der Waals surface area (Å²) in [4.78, 5) is 36.7. The third kappa shape index (κ3) is 7.23. The fourth-order valence-corrected chi connectivity index (χ4v) is 2.79. The summed E-state index contributed by atoms with van der Waals surface area (Å²) in [6.45, 7) is 5.75. The van der Waals surface area contributed by atoms with Gasteiger partial charge in [-0.3, -0.25) is 14.4 Å². The first-order valence-corrected chi connectivity index (χ1v) is 9.93. The van der Waals surface area contributed by atoms with Crippen LogP contribution >= 0.6 is 11.6 Å². The van der Waals surface area contributed by atoms with Crippen molar-refractivity contribution in [1.82, 2.24) is 5.32 Å². The minimum Gasteiger partial charge on any atom is -0.340 e. The molecule has 2 rings (SSSR count). The van der Waals surface area contributed by atoms with E-state index in [-0.39, 0.29) is 23.6 Å². The summed E-state index contributed by atoms with van der Waals surface area (Å²) in [6, 6.07) is 12.7. The number of anilines is 2. The minimum atomic E-state index is -0.683. The summed E-state index contributed by atoms with van der Waals surface area (Å²) in [5.74, 6) is -0.502. The Morgan fingerprint density at radius 1 is 0.897 bits per heavy atom. The molecule has 1 atom stereocenters. The zero-order valence-corrected chi connectivity index (χ0v) is 17.5. The molecule has 0 spiro atoms. The molecule has 29 heavy (non-hydrogen) atoms. The maximum Gasteiger partial charge on any atom is 0.251 e. The Bertz CT molecular complexity index is 849. The zero-order chi connectivity index (χ0) is 21.4. The number of carbonyl (C=O) groups excluding carboxylic acids is 3. The average molecular weight is 416 g/mol. The third-order valence-corrected chi connectivity index (χ3v) is 4.44. The molecule has 0 radical (unpaired) electrons. The molecule has 154 valence electrons. The third-order valence-electron chi connectivity index (χ3n) is 4.19. The normalized spacial score (nSPS) is 11.6. The van der Waals surface area contributed by atoms with Crippen molar-refractivity contribution in [2.45, 2.75) is 39.7 Å². The van der Waals surface area contributed by atoms with E-state index < -0.39 is 6.04 Å². The molecule has 7 heteroatoms. The summed E-state index contributed by atoms with van der Waals surface area (Å²) in [7, 11) is 0. The van der Waals surface area contributed by atoms with Crippen LogP contribution in [0.25, 0.3) is 0 Å². The van der Waals surface area contributed by atoms with Crippen molar-refractivity contribution < 1.29 is 14.4 Å². The smallest absolute Gasteiger partial charge is 0.251 e. The largest absolute Gasteiger partial charge is 0.340 e. The summed E-state index contributed by atoms with van der Waals surface area (Å²) in [5, 5.41) is 8.91.